The van der Waals surface area contributed by atoms with Crippen molar-refractivity contribution in [1.82, 2.24) is 4.90 Å². The predicted octanol–water partition coefficient (Wildman–Crippen LogP) is 2.03. The molecular weight excluding hydrogens is 252 g/mol. The van der Waals surface area contributed by atoms with Crippen LogP contribution in [0.2, 0.25) is 0 Å². The predicted molar refractivity (Wildman–Crippen MR) is 79.4 cm³/mol. The number of benzene rings is 1. The average molecular weight is 276 g/mol. The molecule has 1 saturated heterocycles. The Bertz CT molecular complexity index is 442. The number of carbonyl (C=O) groups excluding carboxylic acids is 1. The van der Waals surface area contributed by atoms with Crippen LogP contribution < -0.4 is 5.73 Å². The van der Waals surface area contributed by atoms with Crippen LogP contribution in [-0.2, 0) is 11.3 Å². The van der Waals surface area contributed by atoms with Gasteiger partial charge in [-0.05, 0) is 30.0 Å². The molecule has 1 aromatic carbocycles. The molecule has 2 N–H and O–H groups in total. The van der Waals surface area contributed by atoms with E-state index in [2.05, 4.69) is 13.8 Å². The highest BCUT2D eigenvalue weighted by molar-refractivity contribution is 5.94. The van der Waals surface area contributed by atoms with E-state index in [0.29, 0.717) is 19.0 Å². The van der Waals surface area contributed by atoms with E-state index < -0.39 is 0 Å². The highest BCUT2D eigenvalue weighted by atomic mass is 16.5. The van der Waals surface area contributed by atoms with Gasteiger partial charge in [-0.15, -0.1) is 0 Å². The molecule has 1 fully saturated rings. The molecule has 20 heavy (non-hydrogen) atoms. The summed E-state index contributed by atoms with van der Waals surface area (Å²) in [4.78, 5) is 14.2. The summed E-state index contributed by atoms with van der Waals surface area (Å²) in [5.74, 6) is 0.618. The second-order valence-corrected chi connectivity index (χ2v) is 5.79. The minimum absolute atomic E-state index is 0.0872. The minimum Gasteiger partial charge on any atom is -0.376 e. The maximum atomic E-state index is 12.4. The number of nitrogens with zero attached hydrogens (tertiary/aromatic N) is 1. The van der Waals surface area contributed by atoms with Crippen molar-refractivity contribution >= 4 is 5.91 Å². The van der Waals surface area contributed by atoms with Crippen LogP contribution in [0, 0.1) is 5.92 Å². The molecule has 1 unspecified atom stereocenters. The molecule has 0 spiro atoms. The lowest BCUT2D eigenvalue weighted by Crippen LogP contribution is -2.30. The van der Waals surface area contributed by atoms with Crippen LogP contribution in [0.1, 0.15) is 36.2 Å². The third-order valence-corrected chi connectivity index (χ3v) is 3.53. The van der Waals surface area contributed by atoms with Crippen LogP contribution in [0.4, 0.5) is 0 Å². The maximum absolute atomic E-state index is 12.4. The molecule has 0 aliphatic carbocycles. The maximum Gasteiger partial charge on any atom is 0.253 e. The number of ether oxygens (including phenoxy) is 1. The summed E-state index contributed by atoms with van der Waals surface area (Å²) < 4.78 is 5.81. The Kier molecular flexibility index (Phi) is 5.15. The number of rotatable bonds is 5. The van der Waals surface area contributed by atoms with Crippen molar-refractivity contribution in [3.05, 3.63) is 35.4 Å². The van der Waals surface area contributed by atoms with Gasteiger partial charge in [0.25, 0.3) is 5.91 Å². The van der Waals surface area contributed by atoms with Crippen molar-refractivity contribution in [2.75, 3.05) is 19.7 Å². The number of likely N-dealkylation sites (tertiary alicyclic amines) is 1. The van der Waals surface area contributed by atoms with Crippen molar-refractivity contribution in [2.45, 2.75) is 32.9 Å². The van der Waals surface area contributed by atoms with Crippen molar-refractivity contribution in [3.63, 3.8) is 0 Å². The number of hydrogen-bond acceptors (Lipinski definition) is 3. The fourth-order valence-electron chi connectivity index (χ4n) is 2.34. The van der Waals surface area contributed by atoms with Gasteiger partial charge in [0.2, 0.25) is 0 Å². The van der Waals surface area contributed by atoms with Crippen LogP contribution in [0.3, 0.4) is 0 Å². The molecule has 1 aliphatic rings. The lowest BCUT2D eigenvalue weighted by atomic mass is 10.1. The van der Waals surface area contributed by atoms with Gasteiger partial charge in [0.05, 0.1) is 6.10 Å². The molecule has 0 radical (unpaired) electrons. The fraction of sp³-hybridized carbons (Fsp3) is 0.562. The minimum atomic E-state index is 0.0872. The Morgan fingerprint density at radius 2 is 2.10 bits per heavy atom. The van der Waals surface area contributed by atoms with Crippen LogP contribution in [0.5, 0.6) is 0 Å². The van der Waals surface area contributed by atoms with Gasteiger partial charge in [-0.1, -0.05) is 26.0 Å². The molecule has 2 rings (SSSR count). The molecular formula is C16H24N2O2. The average Bonchev–Trinajstić information content (AvgIpc) is 2.93. The molecule has 1 atom stereocenters. The lowest BCUT2D eigenvalue weighted by molar-refractivity contribution is 0.0396. The van der Waals surface area contributed by atoms with Gasteiger partial charge in [-0.2, -0.15) is 0 Å². The SMILES string of the molecule is CC(C)COC1CCN(C(=O)c2ccc(CN)cc2)C1. The van der Waals surface area contributed by atoms with Gasteiger partial charge in [0.15, 0.2) is 0 Å². The number of carbonyl (C=O) groups is 1. The largest absolute Gasteiger partial charge is 0.376 e. The van der Waals surface area contributed by atoms with Crippen molar-refractivity contribution in [3.8, 4) is 0 Å². The molecule has 0 bridgehead atoms. The van der Waals surface area contributed by atoms with E-state index in [1.54, 1.807) is 0 Å². The second kappa shape index (κ2) is 6.86. The van der Waals surface area contributed by atoms with E-state index in [-0.39, 0.29) is 12.0 Å². The Morgan fingerprint density at radius 3 is 2.70 bits per heavy atom. The molecule has 1 aromatic rings. The highest BCUT2D eigenvalue weighted by Gasteiger charge is 2.27. The van der Waals surface area contributed by atoms with E-state index in [1.807, 2.05) is 29.2 Å². The van der Waals surface area contributed by atoms with Crippen molar-refractivity contribution in [2.24, 2.45) is 11.7 Å². The van der Waals surface area contributed by atoms with E-state index in [0.717, 1.165) is 30.7 Å². The topological polar surface area (TPSA) is 55.6 Å². The summed E-state index contributed by atoms with van der Waals surface area (Å²) in [5.41, 5.74) is 7.33. The standard InChI is InChI=1S/C16H24N2O2/c1-12(2)11-20-15-7-8-18(10-15)16(19)14-5-3-13(9-17)4-6-14/h3-6,12,15H,7-11,17H2,1-2H3. The van der Waals surface area contributed by atoms with E-state index in [4.69, 9.17) is 10.5 Å². The molecule has 4 nitrogen and oxygen atoms in total. The van der Waals surface area contributed by atoms with Gasteiger partial charge in [-0.3, -0.25) is 4.79 Å². The third-order valence-electron chi connectivity index (χ3n) is 3.53. The first-order valence-corrected chi connectivity index (χ1v) is 7.30. The smallest absolute Gasteiger partial charge is 0.253 e. The van der Waals surface area contributed by atoms with Gasteiger partial charge in [0, 0.05) is 31.8 Å². The normalized spacial score (nSPS) is 18.8. The Labute approximate surface area is 120 Å². The fourth-order valence-corrected chi connectivity index (χ4v) is 2.34. The van der Waals surface area contributed by atoms with Gasteiger partial charge >= 0.3 is 0 Å². The van der Waals surface area contributed by atoms with Gasteiger partial charge in [-0.25, -0.2) is 0 Å². The zero-order chi connectivity index (χ0) is 14.5. The highest BCUT2D eigenvalue weighted by Crippen LogP contribution is 2.17. The first-order valence-electron chi connectivity index (χ1n) is 7.30. The molecule has 0 saturated carbocycles. The Balaban J connectivity index is 1.90. The second-order valence-electron chi connectivity index (χ2n) is 5.79. The van der Waals surface area contributed by atoms with Crippen molar-refractivity contribution < 1.29 is 9.53 Å². The lowest BCUT2D eigenvalue weighted by Gasteiger charge is -2.17. The first-order chi connectivity index (χ1) is 9.60. The Hall–Kier alpha value is -1.39. The summed E-state index contributed by atoms with van der Waals surface area (Å²) in [6, 6.07) is 7.53. The van der Waals surface area contributed by atoms with E-state index >= 15 is 0 Å². The number of nitrogens with two attached hydrogens (primary N) is 1. The van der Waals surface area contributed by atoms with E-state index in [1.165, 1.54) is 0 Å². The quantitative estimate of drug-likeness (QED) is 0.895. The van der Waals surface area contributed by atoms with Crippen LogP contribution in [-0.4, -0.2) is 36.6 Å². The third kappa shape index (κ3) is 3.81. The molecule has 1 amide bonds. The van der Waals surface area contributed by atoms with Crippen LogP contribution in [0.15, 0.2) is 24.3 Å². The molecule has 1 aliphatic heterocycles. The number of hydrogen-bond donors (Lipinski definition) is 1. The van der Waals surface area contributed by atoms with Gasteiger partial charge < -0.3 is 15.4 Å². The summed E-state index contributed by atoms with van der Waals surface area (Å²) in [7, 11) is 0. The van der Waals surface area contributed by atoms with Crippen LogP contribution in [0.25, 0.3) is 0 Å². The van der Waals surface area contributed by atoms with Gasteiger partial charge in [0.1, 0.15) is 0 Å². The Morgan fingerprint density at radius 1 is 1.40 bits per heavy atom. The molecule has 1 heterocycles. The monoisotopic (exact) mass is 276 g/mol. The van der Waals surface area contributed by atoms with Crippen LogP contribution >= 0.6 is 0 Å². The summed E-state index contributed by atoms with van der Waals surface area (Å²) >= 11 is 0. The zero-order valence-corrected chi connectivity index (χ0v) is 12.3. The molecule has 0 aromatic heterocycles. The molecule has 4 heteroatoms. The number of amides is 1. The summed E-state index contributed by atoms with van der Waals surface area (Å²) in [5, 5.41) is 0. The van der Waals surface area contributed by atoms with E-state index in [9.17, 15) is 4.79 Å². The van der Waals surface area contributed by atoms with Crippen molar-refractivity contribution in [1.29, 1.82) is 0 Å². The summed E-state index contributed by atoms with van der Waals surface area (Å²) in [6.45, 7) is 7.01. The summed E-state index contributed by atoms with van der Waals surface area (Å²) in [6.07, 6.45) is 1.11. The molecule has 110 valence electrons. The first kappa shape index (κ1) is 15.0. The zero-order valence-electron chi connectivity index (χ0n) is 12.3.